The molecular formula is C14H10ClF2NO. The zero-order valence-corrected chi connectivity index (χ0v) is 10.5. The Morgan fingerprint density at radius 2 is 1.58 bits per heavy atom. The van der Waals surface area contributed by atoms with Crippen LogP contribution in [0.4, 0.5) is 14.5 Å². The molecule has 2 aromatic rings. The van der Waals surface area contributed by atoms with Crippen molar-refractivity contribution in [3.05, 3.63) is 65.7 Å². The lowest BCUT2D eigenvalue weighted by atomic mass is 10.1. The highest BCUT2D eigenvalue weighted by atomic mass is 35.5. The van der Waals surface area contributed by atoms with Gasteiger partial charge in [-0.05, 0) is 17.7 Å². The van der Waals surface area contributed by atoms with Gasteiger partial charge in [-0.25, -0.2) is 8.78 Å². The molecule has 0 saturated heterocycles. The summed E-state index contributed by atoms with van der Waals surface area (Å²) in [6, 6.07) is 11.9. The monoisotopic (exact) mass is 281 g/mol. The van der Waals surface area contributed by atoms with Gasteiger partial charge in [-0.3, -0.25) is 4.79 Å². The number of para-hydroxylation sites is 1. The number of benzene rings is 2. The zero-order chi connectivity index (χ0) is 13.8. The number of halogens is 3. The minimum Gasteiger partial charge on any atom is -0.320 e. The lowest BCUT2D eigenvalue weighted by Crippen LogP contribution is -2.19. The molecule has 1 amide bonds. The van der Waals surface area contributed by atoms with E-state index in [9.17, 15) is 13.6 Å². The van der Waals surface area contributed by atoms with Gasteiger partial charge in [-0.1, -0.05) is 36.4 Å². The molecule has 2 aromatic carbocycles. The molecule has 0 bridgehead atoms. The quantitative estimate of drug-likeness (QED) is 0.850. The van der Waals surface area contributed by atoms with Crippen LogP contribution in [0, 0.1) is 11.6 Å². The van der Waals surface area contributed by atoms with Crippen LogP contribution in [0.15, 0.2) is 48.5 Å². The van der Waals surface area contributed by atoms with Crippen molar-refractivity contribution in [2.24, 2.45) is 0 Å². The van der Waals surface area contributed by atoms with Gasteiger partial charge in [0.2, 0.25) is 5.91 Å². The molecule has 0 radical (unpaired) electrons. The Kier molecular flexibility index (Phi) is 4.12. The summed E-state index contributed by atoms with van der Waals surface area (Å²) in [5.41, 5.74) is 0.0625. The van der Waals surface area contributed by atoms with Crippen molar-refractivity contribution in [2.75, 3.05) is 5.32 Å². The van der Waals surface area contributed by atoms with Crippen LogP contribution in [0.25, 0.3) is 0 Å². The fourth-order valence-corrected chi connectivity index (χ4v) is 1.78. The van der Waals surface area contributed by atoms with E-state index >= 15 is 0 Å². The van der Waals surface area contributed by atoms with Crippen LogP contribution < -0.4 is 5.32 Å². The molecule has 0 spiro atoms. The van der Waals surface area contributed by atoms with Crippen LogP contribution in [-0.2, 0) is 4.79 Å². The largest absolute Gasteiger partial charge is 0.320 e. The molecule has 2 rings (SSSR count). The highest BCUT2D eigenvalue weighted by molar-refractivity contribution is 6.32. The number of nitrogens with one attached hydrogen (secondary N) is 1. The van der Waals surface area contributed by atoms with E-state index in [0.717, 1.165) is 12.1 Å². The number of hydrogen-bond donors (Lipinski definition) is 1. The summed E-state index contributed by atoms with van der Waals surface area (Å²) in [4.78, 5) is 11.8. The summed E-state index contributed by atoms with van der Waals surface area (Å²) in [5.74, 6) is -2.37. The van der Waals surface area contributed by atoms with Gasteiger partial charge in [0.25, 0.3) is 0 Å². The van der Waals surface area contributed by atoms with E-state index in [-0.39, 0.29) is 0 Å². The molecule has 2 nitrogen and oxygen atoms in total. The Hall–Kier alpha value is -1.94. The molecule has 0 heterocycles. The standard InChI is InChI=1S/C14H10ClF2NO/c15-12(9-5-2-1-3-6-9)14(19)18-13-10(16)7-4-8-11(13)17/h1-8,12H,(H,18,19). The van der Waals surface area contributed by atoms with E-state index in [2.05, 4.69) is 5.32 Å². The Labute approximate surface area is 114 Å². The third kappa shape index (κ3) is 3.09. The van der Waals surface area contributed by atoms with Crippen LogP contribution in [0.3, 0.4) is 0 Å². The van der Waals surface area contributed by atoms with Gasteiger partial charge in [0.1, 0.15) is 22.7 Å². The van der Waals surface area contributed by atoms with Crippen LogP contribution in [0.5, 0.6) is 0 Å². The summed E-state index contributed by atoms with van der Waals surface area (Å²) in [7, 11) is 0. The SMILES string of the molecule is O=C(Nc1c(F)cccc1F)C(Cl)c1ccccc1. The van der Waals surface area contributed by atoms with Gasteiger partial charge < -0.3 is 5.32 Å². The predicted molar refractivity (Wildman–Crippen MR) is 70.0 cm³/mol. The van der Waals surface area contributed by atoms with E-state index in [1.54, 1.807) is 30.3 Å². The van der Waals surface area contributed by atoms with Gasteiger partial charge in [0.05, 0.1) is 0 Å². The van der Waals surface area contributed by atoms with Gasteiger partial charge in [0.15, 0.2) is 0 Å². The van der Waals surface area contributed by atoms with Gasteiger partial charge in [-0.15, -0.1) is 11.6 Å². The fraction of sp³-hybridized carbons (Fsp3) is 0.0714. The van der Waals surface area contributed by atoms with Crippen molar-refractivity contribution in [2.45, 2.75) is 5.38 Å². The minimum atomic E-state index is -1.01. The Balaban J connectivity index is 2.18. The summed E-state index contributed by atoms with van der Waals surface area (Å²) >= 11 is 5.95. The van der Waals surface area contributed by atoms with Crippen LogP contribution >= 0.6 is 11.6 Å². The van der Waals surface area contributed by atoms with E-state index in [0.29, 0.717) is 5.56 Å². The zero-order valence-electron chi connectivity index (χ0n) is 9.74. The Morgan fingerprint density at radius 1 is 1.00 bits per heavy atom. The van der Waals surface area contributed by atoms with Crippen molar-refractivity contribution < 1.29 is 13.6 Å². The number of anilines is 1. The number of carbonyl (C=O) groups is 1. The number of alkyl halides is 1. The molecule has 5 heteroatoms. The lowest BCUT2D eigenvalue weighted by molar-refractivity contribution is -0.116. The smallest absolute Gasteiger partial charge is 0.247 e. The highest BCUT2D eigenvalue weighted by Gasteiger charge is 2.20. The van der Waals surface area contributed by atoms with Crippen molar-refractivity contribution in [1.29, 1.82) is 0 Å². The first-order valence-electron chi connectivity index (χ1n) is 5.53. The van der Waals surface area contributed by atoms with E-state index in [1.165, 1.54) is 6.07 Å². The summed E-state index contributed by atoms with van der Waals surface area (Å²) in [6.07, 6.45) is 0. The molecule has 1 atom stereocenters. The molecule has 1 unspecified atom stereocenters. The number of hydrogen-bond acceptors (Lipinski definition) is 1. The van der Waals surface area contributed by atoms with Gasteiger partial charge in [0, 0.05) is 0 Å². The van der Waals surface area contributed by atoms with Crippen molar-refractivity contribution in [1.82, 2.24) is 0 Å². The number of rotatable bonds is 3. The van der Waals surface area contributed by atoms with Crippen molar-refractivity contribution in [3.63, 3.8) is 0 Å². The Morgan fingerprint density at radius 3 is 2.16 bits per heavy atom. The predicted octanol–water partition coefficient (Wildman–Crippen LogP) is 3.88. The highest BCUT2D eigenvalue weighted by Crippen LogP contribution is 2.24. The second kappa shape index (κ2) is 5.80. The molecule has 0 aliphatic heterocycles. The number of amides is 1. The topological polar surface area (TPSA) is 29.1 Å². The first-order chi connectivity index (χ1) is 9.09. The maximum Gasteiger partial charge on any atom is 0.247 e. The van der Waals surface area contributed by atoms with E-state index in [1.807, 2.05) is 0 Å². The molecule has 1 N–H and O–H groups in total. The van der Waals surface area contributed by atoms with Crippen molar-refractivity contribution >= 4 is 23.2 Å². The van der Waals surface area contributed by atoms with Gasteiger partial charge >= 0.3 is 0 Å². The molecule has 0 aromatic heterocycles. The first kappa shape index (κ1) is 13.5. The summed E-state index contributed by atoms with van der Waals surface area (Å²) < 4.78 is 26.8. The number of carbonyl (C=O) groups excluding carboxylic acids is 1. The third-order valence-electron chi connectivity index (χ3n) is 2.53. The molecule has 0 fully saturated rings. The average molecular weight is 282 g/mol. The maximum atomic E-state index is 13.4. The van der Waals surface area contributed by atoms with Gasteiger partial charge in [-0.2, -0.15) is 0 Å². The first-order valence-corrected chi connectivity index (χ1v) is 5.97. The van der Waals surface area contributed by atoms with E-state index < -0.39 is 28.6 Å². The Bertz CT molecular complexity index is 569. The third-order valence-corrected chi connectivity index (χ3v) is 2.98. The summed E-state index contributed by atoms with van der Waals surface area (Å²) in [6.45, 7) is 0. The molecule has 0 aliphatic rings. The average Bonchev–Trinajstić information content (AvgIpc) is 2.43. The molecule has 19 heavy (non-hydrogen) atoms. The van der Waals surface area contributed by atoms with Crippen LogP contribution in [0.2, 0.25) is 0 Å². The lowest BCUT2D eigenvalue weighted by Gasteiger charge is -2.11. The fourth-order valence-electron chi connectivity index (χ4n) is 1.58. The molecule has 98 valence electrons. The van der Waals surface area contributed by atoms with Crippen LogP contribution in [0.1, 0.15) is 10.9 Å². The summed E-state index contributed by atoms with van der Waals surface area (Å²) in [5, 5.41) is 1.14. The minimum absolute atomic E-state index is 0.492. The second-order valence-corrected chi connectivity index (χ2v) is 4.30. The van der Waals surface area contributed by atoms with E-state index in [4.69, 9.17) is 11.6 Å². The molecule has 0 aliphatic carbocycles. The molecule has 0 saturated carbocycles. The normalized spacial score (nSPS) is 11.9. The second-order valence-electron chi connectivity index (χ2n) is 3.86. The maximum absolute atomic E-state index is 13.4. The molecular weight excluding hydrogens is 272 g/mol. The van der Waals surface area contributed by atoms with Crippen molar-refractivity contribution in [3.8, 4) is 0 Å². The van der Waals surface area contributed by atoms with Crippen LogP contribution in [-0.4, -0.2) is 5.91 Å².